The fraction of sp³-hybridized carbons (Fsp3) is 0.900. The molecule has 26 heavy (non-hydrogen) atoms. The highest BCUT2D eigenvalue weighted by atomic mass is 28.4. The second kappa shape index (κ2) is 8.84. The molecule has 0 bridgehead atoms. The van der Waals surface area contributed by atoms with Gasteiger partial charge in [-0.2, -0.15) is 0 Å². The Hall–Kier alpha value is -0.243. The summed E-state index contributed by atoms with van der Waals surface area (Å²) in [5.41, 5.74) is 0. The van der Waals surface area contributed by atoms with Crippen molar-refractivity contribution in [2.24, 2.45) is 5.92 Å². The zero-order valence-corrected chi connectivity index (χ0v) is 19.2. The molecule has 154 valence electrons. The molecule has 1 rings (SSSR count). The van der Waals surface area contributed by atoms with E-state index in [1.807, 2.05) is 26.8 Å². The van der Waals surface area contributed by atoms with Crippen molar-refractivity contribution < 1.29 is 23.7 Å². The van der Waals surface area contributed by atoms with Gasteiger partial charge < -0.3 is 23.7 Å². The predicted octanol–water partition coefficient (Wildman–Crippen LogP) is 4.12. The van der Waals surface area contributed by atoms with E-state index in [4.69, 9.17) is 18.6 Å². The number of methoxy groups -OCH3 is 1. The molecule has 0 amide bonds. The fourth-order valence-electron chi connectivity index (χ4n) is 3.26. The van der Waals surface area contributed by atoms with Crippen molar-refractivity contribution in [2.75, 3.05) is 13.7 Å². The molecule has 0 aromatic rings. The molecule has 1 saturated heterocycles. The molecule has 0 aliphatic carbocycles. The van der Waals surface area contributed by atoms with Gasteiger partial charge in [-0.3, -0.25) is 0 Å². The van der Waals surface area contributed by atoms with Gasteiger partial charge >= 0.3 is 0 Å². The van der Waals surface area contributed by atoms with Crippen LogP contribution in [-0.4, -0.2) is 57.3 Å². The zero-order chi connectivity index (χ0) is 20.3. The summed E-state index contributed by atoms with van der Waals surface area (Å²) in [6.07, 6.45) is 1.50. The van der Waals surface area contributed by atoms with Crippen LogP contribution >= 0.6 is 0 Å². The maximum absolute atomic E-state index is 9.46. The second-order valence-electron chi connectivity index (χ2n) is 9.26. The van der Waals surface area contributed by atoms with Gasteiger partial charge in [0.1, 0.15) is 12.2 Å². The van der Waals surface area contributed by atoms with Gasteiger partial charge in [0.05, 0.1) is 12.2 Å². The van der Waals surface area contributed by atoms with Gasteiger partial charge in [-0.1, -0.05) is 26.8 Å². The van der Waals surface area contributed by atoms with Gasteiger partial charge in [0.15, 0.2) is 14.1 Å². The van der Waals surface area contributed by atoms with Gasteiger partial charge in [-0.05, 0) is 45.3 Å². The van der Waals surface area contributed by atoms with Gasteiger partial charge in [0.2, 0.25) is 0 Å². The number of aliphatic hydroxyl groups is 1. The third-order valence-corrected chi connectivity index (χ3v) is 10.2. The number of rotatable bonds is 9. The number of hydrogen-bond acceptors (Lipinski definition) is 5. The molecule has 6 heteroatoms. The van der Waals surface area contributed by atoms with E-state index in [-0.39, 0.29) is 42.0 Å². The fourth-order valence-corrected chi connectivity index (χ4v) is 4.56. The van der Waals surface area contributed by atoms with Crippen LogP contribution < -0.4 is 0 Å². The molecule has 1 heterocycles. The van der Waals surface area contributed by atoms with Crippen LogP contribution in [0.5, 0.6) is 0 Å². The Bertz CT molecular complexity index is 458. The Morgan fingerprint density at radius 2 is 1.85 bits per heavy atom. The number of ether oxygens (including phenoxy) is 3. The molecule has 1 fully saturated rings. The third-order valence-electron chi connectivity index (χ3n) is 5.70. The minimum atomic E-state index is -2.08. The first-order chi connectivity index (χ1) is 11.8. The van der Waals surface area contributed by atoms with E-state index in [1.54, 1.807) is 7.11 Å². The lowest BCUT2D eigenvalue weighted by Gasteiger charge is -2.44. The van der Waals surface area contributed by atoms with Crippen LogP contribution in [0, 0.1) is 5.92 Å². The summed E-state index contributed by atoms with van der Waals surface area (Å²) in [6.45, 7) is 21.0. The summed E-state index contributed by atoms with van der Waals surface area (Å²) in [6, 6.07) is 0. The minimum Gasteiger partial charge on any atom is -0.408 e. The largest absolute Gasteiger partial charge is 0.408 e. The quantitative estimate of drug-likeness (QED) is 0.476. The van der Waals surface area contributed by atoms with Crippen LogP contribution in [0.2, 0.25) is 18.1 Å². The van der Waals surface area contributed by atoms with Crippen molar-refractivity contribution in [3.05, 3.63) is 12.7 Å². The monoisotopic (exact) mass is 388 g/mol. The Morgan fingerprint density at radius 1 is 1.27 bits per heavy atom. The molecule has 5 atom stereocenters. The molecule has 0 saturated carbocycles. The lowest BCUT2D eigenvalue weighted by Crippen LogP contribution is -2.55. The average Bonchev–Trinajstić information content (AvgIpc) is 2.77. The molecule has 0 unspecified atom stereocenters. The van der Waals surface area contributed by atoms with E-state index >= 15 is 0 Å². The topological polar surface area (TPSA) is 57.2 Å². The van der Waals surface area contributed by atoms with Gasteiger partial charge in [0.25, 0.3) is 0 Å². The van der Waals surface area contributed by atoms with Crippen LogP contribution in [0.1, 0.15) is 48.0 Å². The van der Waals surface area contributed by atoms with Crippen molar-refractivity contribution in [1.29, 1.82) is 0 Å². The van der Waals surface area contributed by atoms with Crippen LogP contribution in [0.15, 0.2) is 12.7 Å². The van der Waals surface area contributed by atoms with E-state index < -0.39 is 14.1 Å². The standard InChI is InChI=1S/C20H40O5Si/c1-11-15(12-13-21)17(22-8)18(25-26(9,10)19(3,4)5)16-14(2)23-20(6,7)24-16/h11,14-18,21H,1,12-13H2,2-10H3/t14-,15+,16+,17+,18+/m1/s1. The summed E-state index contributed by atoms with van der Waals surface area (Å²) < 4.78 is 24.9. The summed E-state index contributed by atoms with van der Waals surface area (Å²) in [7, 11) is -0.398. The van der Waals surface area contributed by atoms with Crippen LogP contribution in [-0.2, 0) is 18.6 Å². The van der Waals surface area contributed by atoms with Crippen LogP contribution in [0.4, 0.5) is 0 Å². The summed E-state index contributed by atoms with van der Waals surface area (Å²) >= 11 is 0. The smallest absolute Gasteiger partial charge is 0.192 e. The molecule has 0 aromatic carbocycles. The predicted molar refractivity (Wildman–Crippen MR) is 108 cm³/mol. The lowest BCUT2D eigenvalue weighted by molar-refractivity contribution is -0.164. The molecule has 1 N–H and O–H groups in total. The first kappa shape index (κ1) is 23.8. The average molecular weight is 389 g/mol. The van der Waals surface area contributed by atoms with Crippen LogP contribution in [0.25, 0.3) is 0 Å². The van der Waals surface area contributed by atoms with E-state index in [1.165, 1.54) is 0 Å². The number of hydrogen-bond donors (Lipinski definition) is 1. The van der Waals surface area contributed by atoms with E-state index in [9.17, 15) is 5.11 Å². The van der Waals surface area contributed by atoms with Gasteiger partial charge in [-0.25, -0.2) is 0 Å². The highest BCUT2D eigenvalue weighted by Crippen LogP contribution is 2.41. The molecule has 0 spiro atoms. The Kier molecular flexibility index (Phi) is 8.09. The highest BCUT2D eigenvalue weighted by molar-refractivity contribution is 6.74. The molecular weight excluding hydrogens is 348 g/mol. The molecule has 1 aliphatic heterocycles. The van der Waals surface area contributed by atoms with Gasteiger partial charge in [-0.15, -0.1) is 6.58 Å². The minimum absolute atomic E-state index is 0.0284. The Morgan fingerprint density at radius 3 is 2.19 bits per heavy atom. The summed E-state index contributed by atoms with van der Waals surface area (Å²) in [4.78, 5) is 0. The molecule has 0 radical (unpaired) electrons. The van der Waals surface area contributed by atoms with Crippen molar-refractivity contribution >= 4 is 8.32 Å². The zero-order valence-electron chi connectivity index (χ0n) is 18.2. The van der Waals surface area contributed by atoms with Crippen LogP contribution in [0.3, 0.4) is 0 Å². The summed E-state index contributed by atoms with van der Waals surface area (Å²) in [5.74, 6) is -0.683. The SMILES string of the molecule is C=C[C@@H](CCO)[C@H](OC)[C@@H](O[Si](C)(C)C(C)(C)C)[C@H]1OC(C)(C)O[C@@H]1C. The van der Waals surface area contributed by atoms with E-state index in [2.05, 4.69) is 40.4 Å². The lowest BCUT2D eigenvalue weighted by atomic mass is 9.90. The highest BCUT2D eigenvalue weighted by Gasteiger charge is 2.50. The normalized spacial score (nSPS) is 27.2. The summed E-state index contributed by atoms with van der Waals surface area (Å²) in [5, 5.41) is 9.52. The van der Waals surface area contributed by atoms with E-state index in [0.717, 1.165) is 0 Å². The van der Waals surface area contributed by atoms with Crippen molar-refractivity contribution in [3.63, 3.8) is 0 Å². The second-order valence-corrected chi connectivity index (χ2v) is 14.0. The van der Waals surface area contributed by atoms with Crippen molar-refractivity contribution in [2.45, 2.75) is 96.3 Å². The maximum Gasteiger partial charge on any atom is 0.192 e. The Balaban J connectivity index is 3.26. The number of aliphatic hydroxyl groups excluding tert-OH is 1. The molecular formula is C20H40O5Si. The van der Waals surface area contributed by atoms with Crippen molar-refractivity contribution in [3.8, 4) is 0 Å². The van der Waals surface area contributed by atoms with Gasteiger partial charge in [0, 0.05) is 19.6 Å². The first-order valence-electron chi connectivity index (χ1n) is 9.59. The molecule has 5 nitrogen and oxygen atoms in total. The third kappa shape index (κ3) is 5.63. The molecule has 1 aliphatic rings. The van der Waals surface area contributed by atoms with Crippen molar-refractivity contribution in [1.82, 2.24) is 0 Å². The Labute approximate surface area is 161 Å². The maximum atomic E-state index is 9.46. The molecule has 0 aromatic heterocycles. The first-order valence-corrected chi connectivity index (χ1v) is 12.5. The van der Waals surface area contributed by atoms with E-state index in [0.29, 0.717) is 6.42 Å².